The quantitative estimate of drug-likeness (QED) is 0.730. The van der Waals surface area contributed by atoms with Crippen LogP contribution in [0.25, 0.3) is 0 Å². The van der Waals surface area contributed by atoms with Gasteiger partial charge in [-0.2, -0.15) is 0 Å². The summed E-state index contributed by atoms with van der Waals surface area (Å²) in [5.74, 6) is -0.699. The molecule has 0 aliphatic carbocycles. The number of ketones is 1. The summed E-state index contributed by atoms with van der Waals surface area (Å²) in [5, 5.41) is 0. The largest absolute Gasteiger partial charge is 0.299 e. The molecule has 1 rings (SSSR count). The predicted octanol–water partition coefficient (Wildman–Crippen LogP) is 2.30. The molecule has 0 fully saturated rings. The van der Waals surface area contributed by atoms with Gasteiger partial charge in [-0.1, -0.05) is 23.8 Å². The second-order valence-electron chi connectivity index (χ2n) is 3.94. The molecule has 0 saturated heterocycles. The zero-order valence-electron chi connectivity index (χ0n) is 9.85. The molecule has 0 bridgehead atoms. The van der Waals surface area contributed by atoms with E-state index in [9.17, 15) is 13.2 Å². The van der Waals surface area contributed by atoms with Gasteiger partial charge in [0.05, 0.1) is 4.90 Å². The molecule has 0 aliphatic heterocycles. The number of Topliss-reactive ketones (excluding diaryl/α,β-unsaturated/α-hetero) is 1. The third-order valence-corrected chi connectivity index (χ3v) is 4.05. The number of sulfone groups is 1. The SMILES string of the molecule is C=CCCC(=O)CS(=O)(=O)c1ccc(C)cc1. The Labute approximate surface area is 102 Å². The van der Waals surface area contributed by atoms with Crippen molar-refractivity contribution in [1.29, 1.82) is 0 Å². The molecular weight excluding hydrogens is 236 g/mol. The average Bonchev–Trinajstić information content (AvgIpc) is 2.26. The summed E-state index contributed by atoms with van der Waals surface area (Å²) in [6.07, 6.45) is 2.35. The number of rotatable bonds is 6. The minimum absolute atomic E-state index is 0.204. The second kappa shape index (κ2) is 5.77. The molecule has 0 amide bonds. The zero-order chi connectivity index (χ0) is 12.9. The van der Waals surface area contributed by atoms with Gasteiger partial charge in [-0.15, -0.1) is 6.58 Å². The second-order valence-corrected chi connectivity index (χ2v) is 5.93. The Balaban J connectivity index is 2.78. The minimum Gasteiger partial charge on any atom is -0.299 e. The van der Waals surface area contributed by atoms with E-state index in [2.05, 4.69) is 6.58 Å². The van der Waals surface area contributed by atoms with Crippen molar-refractivity contribution in [2.75, 3.05) is 5.75 Å². The molecule has 0 heterocycles. The molecule has 1 aromatic rings. The monoisotopic (exact) mass is 252 g/mol. The molecule has 17 heavy (non-hydrogen) atoms. The number of aryl methyl sites for hydroxylation is 1. The van der Waals surface area contributed by atoms with Gasteiger partial charge in [0.2, 0.25) is 0 Å². The molecule has 92 valence electrons. The molecule has 0 radical (unpaired) electrons. The highest BCUT2D eigenvalue weighted by Gasteiger charge is 2.18. The number of hydrogen-bond acceptors (Lipinski definition) is 3. The van der Waals surface area contributed by atoms with Gasteiger partial charge in [-0.3, -0.25) is 4.79 Å². The summed E-state index contributed by atoms with van der Waals surface area (Å²) in [4.78, 5) is 11.6. The molecule has 3 nitrogen and oxygen atoms in total. The van der Waals surface area contributed by atoms with Crippen molar-refractivity contribution in [2.24, 2.45) is 0 Å². The van der Waals surface area contributed by atoms with E-state index in [1.165, 1.54) is 12.1 Å². The van der Waals surface area contributed by atoms with Crippen molar-refractivity contribution in [3.05, 3.63) is 42.5 Å². The number of carbonyl (C=O) groups is 1. The fourth-order valence-electron chi connectivity index (χ4n) is 1.38. The maximum Gasteiger partial charge on any atom is 0.185 e. The van der Waals surface area contributed by atoms with Crippen LogP contribution in [0.2, 0.25) is 0 Å². The number of hydrogen-bond donors (Lipinski definition) is 0. The molecule has 0 saturated carbocycles. The Hall–Kier alpha value is -1.42. The van der Waals surface area contributed by atoms with E-state index in [4.69, 9.17) is 0 Å². The molecular formula is C13H16O3S. The van der Waals surface area contributed by atoms with Crippen molar-refractivity contribution < 1.29 is 13.2 Å². The summed E-state index contributed by atoms with van der Waals surface area (Å²) in [6.45, 7) is 5.38. The van der Waals surface area contributed by atoms with Crippen LogP contribution in [0, 0.1) is 6.92 Å². The first-order chi connectivity index (χ1) is 7.95. The van der Waals surface area contributed by atoms with E-state index < -0.39 is 15.6 Å². The van der Waals surface area contributed by atoms with E-state index in [0.29, 0.717) is 6.42 Å². The highest BCUT2D eigenvalue weighted by atomic mass is 32.2. The Bertz CT molecular complexity index is 498. The van der Waals surface area contributed by atoms with Crippen molar-refractivity contribution in [3.63, 3.8) is 0 Å². The van der Waals surface area contributed by atoms with Gasteiger partial charge in [0.1, 0.15) is 11.5 Å². The minimum atomic E-state index is -3.49. The van der Waals surface area contributed by atoms with E-state index in [-0.39, 0.29) is 17.1 Å². The van der Waals surface area contributed by atoms with Crippen LogP contribution in [-0.4, -0.2) is 20.0 Å². The molecule has 1 aromatic carbocycles. The highest BCUT2D eigenvalue weighted by Crippen LogP contribution is 2.13. The molecule has 0 unspecified atom stereocenters. The van der Waals surface area contributed by atoms with Gasteiger partial charge in [0.25, 0.3) is 0 Å². The van der Waals surface area contributed by atoms with Gasteiger partial charge in [0, 0.05) is 6.42 Å². The lowest BCUT2D eigenvalue weighted by molar-refractivity contribution is -0.116. The third kappa shape index (κ3) is 4.15. The fraction of sp³-hybridized carbons (Fsp3) is 0.308. The Morgan fingerprint density at radius 2 is 1.88 bits per heavy atom. The van der Waals surface area contributed by atoms with Gasteiger partial charge in [0.15, 0.2) is 9.84 Å². The number of allylic oxidation sites excluding steroid dienone is 1. The topological polar surface area (TPSA) is 51.2 Å². The summed E-state index contributed by atoms with van der Waals surface area (Å²) in [7, 11) is -3.49. The maximum absolute atomic E-state index is 11.9. The first-order valence-corrected chi connectivity index (χ1v) is 7.03. The van der Waals surface area contributed by atoms with Crippen LogP contribution < -0.4 is 0 Å². The molecule has 0 N–H and O–H groups in total. The van der Waals surface area contributed by atoms with Crippen LogP contribution in [0.3, 0.4) is 0 Å². The summed E-state index contributed by atoms with van der Waals surface area (Å²) >= 11 is 0. The van der Waals surface area contributed by atoms with Gasteiger partial charge in [-0.05, 0) is 25.5 Å². The smallest absolute Gasteiger partial charge is 0.185 e. The lowest BCUT2D eigenvalue weighted by Gasteiger charge is -2.03. The van der Waals surface area contributed by atoms with E-state index >= 15 is 0 Å². The average molecular weight is 252 g/mol. The van der Waals surface area contributed by atoms with Crippen molar-refractivity contribution in [2.45, 2.75) is 24.7 Å². The molecule has 4 heteroatoms. The predicted molar refractivity (Wildman–Crippen MR) is 67.7 cm³/mol. The van der Waals surface area contributed by atoms with Crippen LogP contribution in [0.5, 0.6) is 0 Å². The molecule has 0 aliphatic rings. The van der Waals surface area contributed by atoms with Gasteiger partial charge < -0.3 is 0 Å². The van der Waals surface area contributed by atoms with E-state index in [0.717, 1.165) is 5.56 Å². The zero-order valence-corrected chi connectivity index (χ0v) is 10.7. The number of benzene rings is 1. The molecule has 0 spiro atoms. The van der Waals surface area contributed by atoms with Crippen molar-refractivity contribution in [3.8, 4) is 0 Å². The van der Waals surface area contributed by atoms with E-state index in [1.54, 1.807) is 18.2 Å². The first kappa shape index (κ1) is 13.6. The first-order valence-electron chi connectivity index (χ1n) is 5.38. The van der Waals surface area contributed by atoms with Crippen molar-refractivity contribution >= 4 is 15.6 Å². The summed E-state index contributed by atoms with van der Waals surface area (Å²) in [5.41, 5.74) is 0.988. The van der Waals surface area contributed by atoms with Gasteiger partial charge >= 0.3 is 0 Å². The summed E-state index contributed by atoms with van der Waals surface area (Å²) < 4.78 is 23.7. The Kier molecular flexibility index (Phi) is 4.63. The van der Waals surface area contributed by atoms with Gasteiger partial charge in [-0.25, -0.2) is 8.42 Å². The molecule has 0 aromatic heterocycles. The number of carbonyl (C=O) groups excluding carboxylic acids is 1. The lowest BCUT2D eigenvalue weighted by atomic mass is 10.2. The fourth-order valence-corrected chi connectivity index (χ4v) is 2.66. The van der Waals surface area contributed by atoms with E-state index in [1.807, 2.05) is 6.92 Å². The normalized spacial score (nSPS) is 11.1. The van der Waals surface area contributed by atoms with Crippen LogP contribution in [0.4, 0.5) is 0 Å². The standard InChI is InChI=1S/C13H16O3S/c1-3-4-5-12(14)10-17(15,16)13-8-6-11(2)7-9-13/h3,6-9H,1,4-5,10H2,2H3. The highest BCUT2D eigenvalue weighted by molar-refractivity contribution is 7.92. The Morgan fingerprint density at radius 1 is 1.29 bits per heavy atom. The van der Waals surface area contributed by atoms with Crippen LogP contribution in [0.15, 0.2) is 41.8 Å². The van der Waals surface area contributed by atoms with Crippen LogP contribution in [-0.2, 0) is 14.6 Å². The third-order valence-electron chi connectivity index (χ3n) is 2.36. The maximum atomic E-state index is 11.9. The lowest BCUT2D eigenvalue weighted by Crippen LogP contribution is -2.15. The molecule has 0 atom stereocenters. The Morgan fingerprint density at radius 3 is 2.41 bits per heavy atom. The van der Waals surface area contributed by atoms with Crippen LogP contribution in [0.1, 0.15) is 18.4 Å². The summed E-state index contributed by atoms with van der Waals surface area (Å²) in [6, 6.07) is 6.51. The van der Waals surface area contributed by atoms with Crippen molar-refractivity contribution in [1.82, 2.24) is 0 Å². The van der Waals surface area contributed by atoms with Crippen LogP contribution >= 0.6 is 0 Å².